The molecule has 0 spiro atoms. The van der Waals surface area contributed by atoms with E-state index in [4.69, 9.17) is 0 Å². The van der Waals surface area contributed by atoms with Gasteiger partial charge < -0.3 is 4.90 Å². The number of rotatable bonds is 3. The minimum absolute atomic E-state index is 0.0999. The molecule has 0 bridgehead atoms. The number of carbonyl (C=O) groups is 1. The second-order valence-corrected chi connectivity index (χ2v) is 6.17. The molecule has 0 aliphatic carbocycles. The summed E-state index contributed by atoms with van der Waals surface area (Å²) < 4.78 is 37.5. The fourth-order valence-electron chi connectivity index (χ4n) is 2.35. The van der Waals surface area contributed by atoms with E-state index >= 15 is 0 Å². The summed E-state index contributed by atoms with van der Waals surface area (Å²) in [6.45, 7) is 2.17. The predicted molar refractivity (Wildman–Crippen MR) is 75.3 cm³/mol. The second-order valence-electron chi connectivity index (χ2n) is 4.88. The highest BCUT2D eigenvalue weighted by Gasteiger charge is 2.44. The first-order valence-electron chi connectivity index (χ1n) is 6.47. The molecule has 2 nitrogen and oxygen atoms in total. The van der Waals surface area contributed by atoms with Crippen molar-refractivity contribution in [2.24, 2.45) is 0 Å². The molecule has 20 heavy (non-hydrogen) atoms. The minimum atomic E-state index is -4.82. The first-order valence-corrected chi connectivity index (χ1v) is 7.39. The van der Waals surface area contributed by atoms with Crippen molar-refractivity contribution in [1.82, 2.24) is 0 Å². The van der Waals surface area contributed by atoms with E-state index in [-0.39, 0.29) is 6.54 Å². The van der Waals surface area contributed by atoms with E-state index in [1.165, 1.54) is 0 Å². The zero-order valence-corrected chi connectivity index (χ0v) is 12.6. The van der Waals surface area contributed by atoms with Crippen LogP contribution in [-0.2, 0) is 17.6 Å². The van der Waals surface area contributed by atoms with Crippen molar-refractivity contribution in [1.29, 1.82) is 0 Å². The van der Waals surface area contributed by atoms with Crippen molar-refractivity contribution in [3.63, 3.8) is 0 Å². The predicted octanol–water partition coefficient (Wildman–Crippen LogP) is 3.85. The third-order valence-corrected chi connectivity index (χ3v) is 4.40. The number of fused-ring (bicyclic) bond motifs is 1. The van der Waals surface area contributed by atoms with Gasteiger partial charge in [-0.2, -0.15) is 13.2 Å². The van der Waals surface area contributed by atoms with Crippen molar-refractivity contribution >= 4 is 27.5 Å². The lowest BCUT2D eigenvalue weighted by Gasteiger charge is -2.19. The molecule has 1 aromatic carbocycles. The molecular weight excluding hydrogens is 335 g/mol. The number of carbonyl (C=O) groups excluding carboxylic acids is 1. The molecule has 1 aromatic rings. The summed E-state index contributed by atoms with van der Waals surface area (Å²) in [5.74, 6) is -1.78. The van der Waals surface area contributed by atoms with Crippen LogP contribution in [0, 0.1) is 0 Å². The summed E-state index contributed by atoms with van der Waals surface area (Å²) in [5.41, 5.74) is 2.28. The van der Waals surface area contributed by atoms with Gasteiger partial charge in [0.15, 0.2) is 0 Å². The molecule has 1 aliphatic rings. The molecule has 1 aliphatic heterocycles. The Morgan fingerprint density at radius 2 is 2.15 bits per heavy atom. The van der Waals surface area contributed by atoms with Gasteiger partial charge >= 0.3 is 12.1 Å². The third-order valence-electron chi connectivity index (χ3n) is 3.43. The monoisotopic (exact) mass is 349 g/mol. The third kappa shape index (κ3) is 3.16. The van der Waals surface area contributed by atoms with Gasteiger partial charge in [-0.3, -0.25) is 4.79 Å². The molecule has 1 amide bonds. The van der Waals surface area contributed by atoms with Crippen LogP contribution in [0.15, 0.2) is 18.2 Å². The molecular formula is C14H15BrF3NO. The van der Waals surface area contributed by atoms with Gasteiger partial charge in [-0.1, -0.05) is 35.0 Å². The van der Waals surface area contributed by atoms with Crippen molar-refractivity contribution in [2.45, 2.75) is 37.2 Å². The molecule has 1 atom stereocenters. The number of hydrogen-bond donors (Lipinski definition) is 0. The molecule has 0 N–H and O–H groups in total. The zero-order chi connectivity index (χ0) is 14.9. The van der Waals surface area contributed by atoms with Crippen LogP contribution < -0.4 is 4.90 Å². The van der Waals surface area contributed by atoms with Gasteiger partial charge in [0, 0.05) is 17.1 Å². The molecule has 2 rings (SSSR count). The largest absolute Gasteiger partial charge is 0.471 e. The Labute approximate surface area is 124 Å². The normalized spacial score (nSPS) is 16.1. The van der Waals surface area contributed by atoms with E-state index in [1.807, 2.05) is 6.07 Å². The Hall–Kier alpha value is -1.04. The molecule has 0 radical (unpaired) electrons. The van der Waals surface area contributed by atoms with Crippen LogP contribution in [0.25, 0.3) is 0 Å². The van der Waals surface area contributed by atoms with Crippen molar-refractivity contribution in [3.8, 4) is 0 Å². The van der Waals surface area contributed by atoms with Crippen LogP contribution in [-0.4, -0.2) is 23.5 Å². The standard InChI is InChI=1S/C14H15BrF3NO/c1-2-11(15)8-9-3-4-12-10(7-9)5-6-19(12)13(20)14(16,17)18/h3-4,7,11H,2,5-6,8H2,1H3. The van der Waals surface area contributed by atoms with Gasteiger partial charge in [-0.05, 0) is 36.5 Å². The van der Waals surface area contributed by atoms with Crippen molar-refractivity contribution < 1.29 is 18.0 Å². The fourth-order valence-corrected chi connectivity index (χ4v) is 2.72. The van der Waals surface area contributed by atoms with Crippen LogP contribution in [0.4, 0.5) is 18.9 Å². The Morgan fingerprint density at radius 3 is 2.75 bits per heavy atom. The van der Waals surface area contributed by atoms with Gasteiger partial charge in [0.25, 0.3) is 0 Å². The van der Waals surface area contributed by atoms with Crippen LogP contribution in [0.3, 0.4) is 0 Å². The molecule has 1 unspecified atom stereocenters. The van der Waals surface area contributed by atoms with Crippen molar-refractivity contribution in [3.05, 3.63) is 29.3 Å². The van der Waals surface area contributed by atoms with E-state index in [1.54, 1.807) is 12.1 Å². The molecule has 0 saturated carbocycles. The highest BCUT2D eigenvalue weighted by Crippen LogP contribution is 2.33. The first-order chi connectivity index (χ1) is 9.32. The average Bonchev–Trinajstić information content (AvgIpc) is 2.79. The van der Waals surface area contributed by atoms with Gasteiger partial charge in [0.2, 0.25) is 0 Å². The quantitative estimate of drug-likeness (QED) is 0.759. The summed E-state index contributed by atoms with van der Waals surface area (Å²) in [7, 11) is 0. The molecule has 1 heterocycles. The summed E-state index contributed by atoms with van der Waals surface area (Å²) in [6, 6.07) is 5.32. The first kappa shape index (κ1) is 15.4. The van der Waals surface area contributed by atoms with Crippen LogP contribution >= 0.6 is 15.9 Å². The highest BCUT2D eigenvalue weighted by molar-refractivity contribution is 9.09. The number of amides is 1. The lowest BCUT2D eigenvalue weighted by atomic mass is 10.0. The topological polar surface area (TPSA) is 20.3 Å². The Morgan fingerprint density at radius 1 is 1.45 bits per heavy atom. The van der Waals surface area contributed by atoms with E-state index < -0.39 is 12.1 Å². The SMILES string of the molecule is CCC(Br)Cc1ccc2c(c1)CCN2C(=O)C(F)(F)F. The smallest absolute Gasteiger partial charge is 0.304 e. The fraction of sp³-hybridized carbons (Fsp3) is 0.500. The number of hydrogen-bond acceptors (Lipinski definition) is 1. The molecule has 0 saturated heterocycles. The van der Waals surface area contributed by atoms with Gasteiger partial charge in [0.05, 0.1) is 0 Å². The summed E-state index contributed by atoms with van der Waals surface area (Å²) >= 11 is 3.54. The van der Waals surface area contributed by atoms with Gasteiger partial charge in [-0.15, -0.1) is 0 Å². The molecule has 0 fully saturated rings. The lowest BCUT2D eigenvalue weighted by Crippen LogP contribution is -2.40. The van der Waals surface area contributed by atoms with Gasteiger partial charge in [-0.25, -0.2) is 0 Å². The Kier molecular flexibility index (Phi) is 4.42. The van der Waals surface area contributed by atoms with E-state index in [2.05, 4.69) is 22.9 Å². The van der Waals surface area contributed by atoms with Crippen LogP contribution in [0.5, 0.6) is 0 Å². The second kappa shape index (κ2) is 5.76. The Bertz CT molecular complexity index is 516. The maximum atomic E-state index is 12.5. The molecule has 6 heteroatoms. The van der Waals surface area contributed by atoms with Crippen LogP contribution in [0.1, 0.15) is 24.5 Å². The number of alkyl halides is 4. The maximum Gasteiger partial charge on any atom is 0.471 e. The summed E-state index contributed by atoms with van der Waals surface area (Å²) in [6.07, 6.45) is -2.53. The molecule has 110 valence electrons. The number of benzene rings is 1. The highest BCUT2D eigenvalue weighted by atomic mass is 79.9. The number of anilines is 1. The molecule has 0 aromatic heterocycles. The number of halogens is 4. The minimum Gasteiger partial charge on any atom is -0.304 e. The van der Waals surface area contributed by atoms with E-state index in [9.17, 15) is 18.0 Å². The van der Waals surface area contributed by atoms with Crippen molar-refractivity contribution in [2.75, 3.05) is 11.4 Å². The number of nitrogens with zero attached hydrogens (tertiary/aromatic N) is 1. The van der Waals surface area contributed by atoms with Gasteiger partial charge in [0.1, 0.15) is 0 Å². The zero-order valence-electron chi connectivity index (χ0n) is 11.0. The lowest BCUT2D eigenvalue weighted by molar-refractivity contribution is -0.170. The summed E-state index contributed by atoms with van der Waals surface area (Å²) in [4.78, 5) is 12.5. The van der Waals surface area contributed by atoms with E-state index in [0.29, 0.717) is 16.9 Å². The van der Waals surface area contributed by atoms with Crippen LogP contribution in [0.2, 0.25) is 0 Å². The Balaban J connectivity index is 2.20. The van der Waals surface area contributed by atoms with E-state index in [0.717, 1.165) is 28.9 Å². The maximum absolute atomic E-state index is 12.5. The average molecular weight is 350 g/mol. The summed E-state index contributed by atoms with van der Waals surface area (Å²) in [5, 5.41) is 0.